The van der Waals surface area contributed by atoms with E-state index in [1.807, 2.05) is 32.4 Å². The van der Waals surface area contributed by atoms with Gasteiger partial charge in [0.05, 0.1) is 4.90 Å². The molecule has 24 heavy (non-hydrogen) atoms. The zero-order valence-electron chi connectivity index (χ0n) is 15.7. The molecule has 0 N–H and O–H groups in total. The summed E-state index contributed by atoms with van der Waals surface area (Å²) in [6, 6.07) is 8.19. The predicted molar refractivity (Wildman–Crippen MR) is 103 cm³/mol. The molecule has 4 heteroatoms. The molecule has 2 rings (SSSR count). The van der Waals surface area contributed by atoms with Crippen molar-refractivity contribution in [2.75, 3.05) is 13.1 Å². The Morgan fingerprint density at radius 1 is 1.17 bits per heavy atom. The van der Waals surface area contributed by atoms with E-state index in [0.29, 0.717) is 5.92 Å². The van der Waals surface area contributed by atoms with Crippen LogP contribution in [0.1, 0.15) is 58.4 Å². The van der Waals surface area contributed by atoms with E-state index in [-0.39, 0.29) is 22.4 Å². The Labute approximate surface area is 168 Å². The summed E-state index contributed by atoms with van der Waals surface area (Å²) in [5.74, 6) is 0.530. The molecular weight excluding hydrogens is 395 g/mol. The number of piperidine rings is 1. The molecule has 0 saturated carbocycles. The van der Waals surface area contributed by atoms with Gasteiger partial charge in [-0.25, -0.2) is 8.51 Å². The molecule has 1 aromatic rings. The van der Waals surface area contributed by atoms with Gasteiger partial charge < -0.3 is 33.1 Å². The summed E-state index contributed by atoms with van der Waals surface area (Å²) in [5, 5.41) is 0. The van der Waals surface area contributed by atoms with Gasteiger partial charge in [0.2, 0.25) is 0 Å². The monoisotopic (exact) mass is 428 g/mol. The molecular formula is C20H33NNbOS-4. The van der Waals surface area contributed by atoms with Crippen LogP contribution in [0.5, 0.6) is 0 Å². The minimum absolute atomic E-state index is 0. The summed E-state index contributed by atoms with van der Waals surface area (Å²) in [4.78, 5) is 0.927. The van der Waals surface area contributed by atoms with Gasteiger partial charge in [-0.1, -0.05) is 26.0 Å². The normalized spacial score (nSPS) is 15.3. The van der Waals surface area contributed by atoms with Gasteiger partial charge in [-0.2, -0.15) is 26.7 Å². The molecule has 0 amide bonds. The quantitative estimate of drug-likeness (QED) is 0.466. The third-order valence-electron chi connectivity index (χ3n) is 3.15. The predicted octanol–water partition coefficient (Wildman–Crippen LogP) is 5.41. The van der Waals surface area contributed by atoms with Gasteiger partial charge in [-0.05, 0) is 36.7 Å². The Morgan fingerprint density at radius 3 is 1.96 bits per heavy atom. The van der Waals surface area contributed by atoms with E-state index in [9.17, 15) is 4.21 Å². The Morgan fingerprint density at radius 2 is 1.58 bits per heavy atom. The van der Waals surface area contributed by atoms with Crippen molar-refractivity contribution in [3.8, 4) is 0 Å². The maximum Gasteiger partial charge on any atom is 0.127 e. The second kappa shape index (κ2) is 16.5. The third kappa shape index (κ3) is 10.8. The SMILES string of the molecule is CC(C)c1ccc(S(=O)N2CC[CH-]CC2)cc1.C[CH-]C.[CH2-]C[CH2-].[Nb]. The molecule has 1 fully saturated rings. The summed E-state index contributed by atoms with van der Waals surface area (Å²) < 4.78 is 14.4. The second-order valence-corrected chi connectivity index (χ2v) is 7.18. The molecule has 1 atom stereocenters. The molecule has 0 aromatic heterocycles. The number of benzene rings is 1. The van der Waals surface area contributed by atoms with Crippen LogP contribution in [-0.4, -0.2) is 21.6 Å². The average molecular weight is 428 g/mol. The van der Waals surface area contributed by atoms with E-state index >= 15 is 0 Å². The van der Waals surface area contributed by atoms with Crippen LogP contribution in [0, 0.1) is 26.7 Å². The molecule has 1 aliphatic rings. The fourth-order valence-corrected chi connectivity index (χ4v) is 3.22. The fourth-order valence-electron chi connectivity index (χ4n) is 2.01. The largest absolute Gasteiger partial charge is 0.372 e. The average Bonchev–Trinajstić information content (AvgIpc) is 2.56. The molecule has 1 unspecified atom stereocenters. The van der Waals surface area contributed by atoms with E-state index in [1.54, 1.807) is 0 Å². The van der Waals surface area contributed by atoms with Gasteiger partial charge in [-0.3, -0.25) is 0 Å². The van der Waals surface area contributed by atoms with Gasteiger partial charge in [0.15, 0.2) is 0 Å². The van der Waals surface area contributed by atoms with Crippen LogP contribution < -0.4 is 0 Å². The van der Waals surface area contributed by atoms with Gasteiger partial charge in [-0.15, -0.1) is 0 Å². The standard InChI is InChI=1S/C14H20NOS.C3H7.C3H6.Nb/c1-12(2)13-6-8-14(9-7-13)17(16)15-10-4-3-5-11-15;2*1-3-2;/h3,6-9,12H,4-5,10-11H2,1-2H3;3H,1-2H3;1-3H2;/q2*-1;-2;. The fraction of sp³-hybridized carbons (Fsp3) is 0.500. The van der Waals surface area contributed by atoms with Crippen molar-refractivity contribution in [3.05, 3.63) is 56.5 Å². The molecule has 139 valence electrons. The first kappa shape index (κ1) is 26.3. The molecule has 1 heterocycles. The molecule has 0 aliphatic carbocycles. The number of rotatable bonds is 3. The van der Waals surface area contributed by atoms with E-state index in [2.05, 4.69) is 50.6 Å². The zero-order chi connectivity index (χ0) is 17.7. The number of hydrogen-bond acceptors (Lipinski definition) is 1. The minimum atomic E-state index is -0.978. The van der Waals surface area contributed by atoms with Crippen LogP contribution in [-0.2, 0) is 33.4 Å². The first-order valence-corrected chi connectivity index (χ1v) is 9.53. The van der Waals surface area contributed by atoms with E-state index in [0.717, 1.165) is 37.2 Å². The van der Waals surface area contributed by atoms with Crippen molar-refractivity contribution >= 4 is 11.0 Å². The zero-order valence-corrected chi connectivity index (χ0v) is 18.7. The maximum absolute atomic E-state index is 12.3. The van der Waals surface area contributed by atoms with E-state index in [4.69, 9.17) is 0 Å². The van der Waals surface area contributed by atoms with Crippen LogP contribution in [0.2, 0.25) is 0 Å². The van der Waals surface area contributed by atoms with Crippen molar-refractivity contribution < 1.29 is 26.6 Å². The summed E-state index contributed by atoms with van der Waals surface area (Å²) >= 11 is 0. The van der Waals surface area contributed by atoms with Crippen molar-refractivity contribution in [3.63, 3.8) is 0 Å². The topological polar surface area (TPSA) is 20.3 Å². The third-order valence-corrected chi connectivity index (χ3v) is 4.66. The molecule has 1 aromatic carbocycles. The van der Waals surface area contributed by atoms with Crippen molar-refractivity contribution in [2.45, 2.75) is 57.8 Å². The Kier molecular flexibility index (Phi) is 18.1. The van der Waals surface area contributed by atoms with Crippen molar-refractivity contribution in [1.82, 2.24) is 4.31 Å². The molecule has 1 aliphatic heterocycles. The summed E-state index contributed by atoms with van der Waals surface area (Å²) in [7, 11) is -0.978. The van der Waals surface area contributed by atoms with Gasteiger partial charge in [0.1, 0.15) is 11.0 Å². The minimum Gasteiger partial charge on any atom is -0.372 e. The first-order valence-electron chi connectivity index (χ1n) is 8.42. The van der Waals surface area contributed by atoms with Crippen LogP contribution >= 0.6 is 0 Å². The summed E-state index contributed by atoms with van der Waals surface area (Å²) in [6.07, 6.45) is 7.13. The van der Waals surface area contributed by atoms with Crippen LogP contribution in [0.4, 0.5) is 0 Å². The Balaban J connectivity index is 0. The van der Waals surface area contributed by atoms with Crippen LogP contribution in [0.15, 0.2) is 29.2 Å². The number of hydrogen-bond donors (Lipinski definition) is 0. The molecule has 0 spiro atoms. The van der Waals surface area contributed by atoms with E-state index < -0.39 is 11.0 Å². The van der Waals surface area contributed by atoms with Gasteiger partial charge in [0, 0.05) is 22.4 Å². The summed E-state index contributed by atoms with van der Waals surface area (Å²) in [6.45, 7) is 16.9. The van der Waals surface area contributed by atoms with Crippen molar-refractivity contribution in [2.24, 2.45) is 0 Å². The smallest absolute Gasteiger partial charge is 0.127 e. The maximum atomic E-state index is 12.3. The molecule has 1 radical (unpaired) electrons. The van der Waals surface area contributed by atoms with Crippen molar-refractivity contribution in [1.29, 1.82) is 0 Å². The summed E-state index contributed by atoms with van der Waals surface area (Å²) in [5.41, 5.74) is 1.30. The van der Waals surface area contributed by atoms with Gasteiger partial charge in [0.25, 0.3) is 0 Å². The molecule has 2 nitrogen and oxygen atoms in total. The first-order chi connectivity index (χ1) is 11.0. The van der Waals surface area contributed by atoms with E-state index in [1.165, 1.54) is 5.56 Å². The second-order valence-electron chi connectivity index (χ2n) is 5.70. The Hall–Kier alpha value is 0.0703. The van der Waals surface area contributed by atoms with Crippen LogP contribution in [0.25, 0.3) is 0 Å². The molecule has 1 saturated heterocycles. The van der Waals surface area contributed by atoms with Crippen LogP contribution in [0.3, 0.4) is 0 Å². The Bertz CT molecular complexity index is 412. The number of nitrogens with zero attached hydrogens (tertiary/aromatic N) is 1. The molecule has 0 bridgehead atoms. The van der Waals surface area contributed by atoms with Gasteiger partial charge >= 0.3 is 0 Å².